The Morgan fingerprint density at radius 1 is 1.00 bits per heavy atom. The summed E-state index contributed by atoms with van der Waals surface area (Å²) in [5.41, 5.74) is 4.41. The molecule has 0 atom stereocenters. The first kappa shape index (κ1) is 19.3. The van der Waals surface area contributed by atoms with E-state index in [9.17, 15) is 0 Å². The van der Waals surface area contributed by atoms with Crippen LogP contribution >= 0.6 is 23.8 Å². The number of benzene rings is 2. The molecule has 138 valence electrons. The van der Waals surface area contributed by atoms with Crippen LogP contribution in [0, 0.1) is 0 Å². The van der Waals surface area contributed by atoms with Gasteiger partial charge < -0.3 is 10.2 Å². The molecule has 0 amide bonds. The lowest BCUT2D eigenvalue weighted by atomic mass is 10.1. The average Bonchev–Trinajstić information content (AvgIpc) is 2.70. The number of aromatic nitrogens is 1. The Labute approximate surface area is 171 Å². The fourth-order valence-electron chi connectivity index (χ4n) is 2.89. The van der Waals surface area contributed by atoms with E-state index >= 15 is 0 Å². The fraction of sp³-hybridized carbons (Fsp3) is 0.182. The van der Waals surface area contributed by atoms with Crippen molar-refractivity contribution >= 4 is 34.6 Å². The second-order valence-electron chi connectivity index (χ2n) is 6.25. The summed E-state index contributed by atoms with van der Waals surface area (Å²) in [4.78, 5) is 6.33. The molecule has 3 aromatic rings. The number of hydrogen-bond donors (Lipinski definition) is 1. The quantitative estimate of drug-likeness (QED) is 0.542. The van der Waals surface area contributed by atoms with Crippen molar-refractivity contribution in [1.29, 1.82) is 0 Å². The number of pyridine rings is 1. The standard InChI is InChI=1S/C22H22ClN3S/c1-2-18-9-4-6-12-21(18)25-22(27)26(15-17-8-7-13-24-14-17)16-19-10-3-5-11-20(19)23/h3-14H,2,15-16H2,1H3,(H,25,27). The van der Waals surface area contributed by atoms with Crippen LogP contribution in [-0.2, 0) is 19.5 Å². The van der Waals surface area contributed by atoms with Gasteiger partial charge in [-0.1, -0.05) is 61.0 Å². The van der Waals surface area contributed by atoms with Crippen LogP contribution in [0.3, 0.4) is 0 Å². The normalized spacial score (nSPS) is 10.4. The van der Waals surface area contributed by atoms with E-state index in [4.69, 9.17) is 23.8 Å². The predicted molar refractivity (Wildman–Crippen MR) is 117 cm³/mol. The summed E-state index contributed by atoms with van der Waals surface area (Å²) >= 11 is 12.1. The third kappa shape index (κ3) is 5.28. The molecule has 1 heterocycles. The summed E-state index contributed by atoms with van der Waals surface area (Å²) in [6.45, 7) is 3.41. The van der Waals surface area contributed by atoms with Gasteiger partial charge in [0.2, 0.25) is 0 Å². The van der Waals surface area contributed by atoms with Gasteiger partial charge in [-0.15, -0.1) is 0 Å². The second-order valence-corrected chi connectivity index (χ2v) is 7.04. The number of nitrogens with one attached hydrogen (secondary N) is 1. The van der Waals surface area contributed by atoms with Crippen LogP contribution in [0.2, 0.25) is 5.02 Å². The van der Waals surface area contributed by atoms with E-state index in [0.29, 0.717) is 18.2 Å². The number of hydrogen-bond acceptors (Lipinski definition) is 2. The number of thiocarbonyl (C=S) groups is 1. The second kappa shape index (κ2) is 9.49. The SMILES string of the molecule is CCc1ccccc1NC(=S)N(Cc1cccnc1)Cc1ccccc1Cl. The number of halogens is 1. The van der Waals surface area contributed by atoms with Crippen LogP contribution in [0.1, 0.15) is 23.6 Å². The van der Waals surface area contributed by atoms with E-state index in [0.717, 1.165) is 28.3 Å². The molecule has 0 radical (unpaired) electrons. The molecule has 0 saturated carbocycles. The number of para-hydroxylation sites is 1. The molecule has 27 heavy (non-hydrogen) atoms. The summed E-state index contributed by atoms with van der Waals surface area (Å²) in [5, 5.41) is 4.82. The summed E-state index contributed by atoms with van der Waals surface area (Å²) in [7, 11) is 0. The summed E-state index contributed by atoms with van der Waals surface area (Å²) in [5.74, 6) is 0. The molecule has 0 spiro atoms. The van der Waals surface area contributed by atoms with Gasteiger partial charge in [0.1, 0.15) is 0 Å². The molecular weight excluding hydrogens is 374 g/mol. The molecule has 3 rings (SSSR count). The maximum absolute atomic E-state index is 6.38. The molecule has 0 saturated heterocycles. The molecular formula is C22H22ClN3S. The topological polar surface area (TPSA) is 28.2 Å². The van der Waals surface area contributed by atoms with Gasteiger partial charge in [-0.2, -0.15) is 0 Å². The van der Waals surface area contributed by atoms with Crippen molar-refractivity contribution < 1.29 is 0 Å². The predicted octanol–water partition coefficient (Wildman–Crippen LogP) is 5.70. The Morgan fingerprint density at radius 3 is 2.44 bits per heavy atom. The smallest absolute Gasteiger partial charge is 0.174 e. The lowest BCUT2D eigenvalue weighted by Crippen LogP contribution is -2.34. The molecule has 0 aliphatic heterocycles. The molecule has 0 unspecified atom stereocenters. The summed E-state index contributed by atoms with van der Waals surface area (Å²) < 4.78 is 0. The molecule has 0 aliphatic carbocycles. The van der Waals surface area contributed by atoms with E-state index < -0.39 is 0 Å². The minimum absolute atomic E-state index is 0.620. The van der Waals surface area contributed by atoms with E-state index in [-0.39, 0.29) is 0 Å². The van der Waals surface area contributed by atoms with E-state index in [1.807, 2.05) is 48.7 Å². The Morgan fingerprint density at radius 2 is 1.74 bits per heavy atom. The van der Waals surface area contributed by atoms with Crippen LogP contribution in [-0.4, -0.2) is 15.0 Å². The van der Waals surface area contributed by atoms with Gasteiger partial charge in [0.15, 0.2) is 5.11 Å². The van der Waals surface area contributed by atoms with Crippen molar-refractivity contribution in [3.63, 3.8) is 0 Å². The fourth-order valence-corrected chi connectivity index (χ4v) is 3.32. The lowest BCUT2D eigenvalue weighted by Gasteiger charge is -2.27. The van der Waals surface area contributed by atoms with Crippen molar-refractivity contribution in [2.75, 3.05) is 5.32 Å². The van der Waals surface area contributed by atoms with Crippen LogP contribution < -0.4 is 5.32 Å². The van der Waals surface area contributed by atoms with Gasteiger partial charge in [-0.3, -0.25) is 4.98 Å². The number of anilines is 1. The molecule has 0 aliphatic rings. The summed E-state index contributed by atoms with van der Waals surface area (Å²) in [6, 6.07) is 20.1. The highest BCUT2D eigenvalue weighted by Crippen LogP contribution is 2.21. The van der Waals surface area contributed by atoms with Gasteiger partial charge >= 0.3 is 0 Å². The van der Waals surface area contributed by atoms with Crippen molar-refractivity contribution in [2.45, 2.75) is 26.4 Å². The minimum atomic E-state index is 0.620. The molecule has 0 bridgehead atoms. The van der Waals surface area contributed by atoms with Crippen LogP contribution in [0.25, 0.3) is 0 Å². The van der Waals surface area contributed by atoms with Crippen molar-refractivity contribution in [3.8, 4) is 0 Å². The maximum atomic E-state index is 6.38. The Kier molecular flexibility index (Phi) is 6.80. The Balaban J connectivity index is 1.84. The molecule has 1 aromatic heterocycles. The highest BCUT2D eigenvalue weighted by molar-refractivity contribution is 7.80. The average molecular weight is 396 g/mol. The van der Waals surface area contributed by atoms with Crippen LogP contribution in [0.5, 0.6) is 0 Å². The zero-order valence-corrected chi connectivity index (χ0v) is 16.8. The first-order valence-corrected chi connectivity index (χ1v) is 9.72. The molecule has 2 aromatic carbocycles. The van der Waals surface area contributed by atoms with E-state index in [1.165, 1.54) is 5.56 Å². The number of rotatable bonds is 6. The van der Waals surface area contributed by atoms with Crippen molar-refractivity contribution in [2.24, 2.45) is 0 Å². The first-order valence-electron chi connectivity index (χ1n) is 8.93. The zero-order chi connectivity index (χ0) is 19.1. The van der Waals surface area contributed by atoms with Crippen molar-refractivity contribution in [1.82, 2.24) is 9.88 Å². The Hall–Kier alpha value is -2.43. The van der Waals surface area contributed by atoms with E-state index in [1.54, 1.807) is 6.20 Å². The Bertz CT molecular complexity index is 899. The summed E-state index contributed by atoms with van der Waals surface area (Å²) in [6.07, 6.45) is 4.58. The zero-order valence-electron chi connectivity index (χ0n) is 15.2. The third-order valence-corrected chi connectivity index (χ3v) is 5.07. The van der Waals surface area contributed by atoms with Gasteiger partial charge in [0, 0.05) is 36.2 Å². The minimum Gasteiger partial charge on any atom is -0.340 e. The van der Waals surface area contributed by atoms with Gasteiger partial charge in [-0.05, 0) is 53.5 Å². The highest BCUT2D eigenvalue weighted by atomic mass is 35.5. The van der Waals surface area contributed by atoms with Crippen LogP contribution in [0.15, 0.2) is 73.1 Å². The van der Waals surface area contributed by atoms with Gasteiger partial charge in [0.25, 0.3) is 0 Å². The van der Waals surface area contributed by atoms with Gasteiger partial charge in [-0.25, -0.2) is 0 Å². The third-order valence-electron chi connectivity index (χ3n) is 4.34. The van der Waals surface area contributed by atoms with Crippen LogP contribution in [0.4, 0.5) is 5.69 Å². The maximum Gasteiger partial charge on any atom is 0.174 e. The van der Waals surface area contributed by atoms with Gasteiger partial charge in [0.05, 0.1) is 0 Å². The first-order chi connectivity index (χ1) is 13.2. The number of nitrogens with zero attached hydrogens (tertiary/aromatic N) is 2. The monoisotopic (exact) mass is 395 g/mol. The molecule has 1 N–H and O–H groups in total. The lowest BCUT2D eigenvalue weighted by molar-refractivity contribution is 0.412. The highest BCUT2D eigenvalue weighted by Gasteiger charge is 2.14. The molecule has 3 nitrogen and oxygen atoms in total. The van der Waals surface area contributed by atoms with E-state index in [2.05, 4.69) is 40.3 Å². The van der Waals surface area contributed by atoms with Crippen molar-refractivity contribution in [3.05, 3.63) is 94.8 Å². The largest absolute Gasteiger partial charge is 0.340 e. The molecule has 5 heteroatoms. The molecule has 0 fully saturated rings. The number of aryl methyl sites for hydroxylation is 1.